The Balaban J connectivity index is 1.60. The van der Waals surface area contributed by atoms with Crippen LogP contribution in [0.15, 0.2) is 46.0 Å². The van der Waals surface area contributed by atoms with E-state index in [0.29, 0.717) is 15.8 Å². The van der Waals surface area contributed by atoms with Crippen LogP contribution in [0.25, 0.3) is 0 Å². The molecule has 0 aliphatic carbocycles. The van der Waals surface area contributed by atoms with E-state index in [2.05, 4.69) is 53.9 Å². The average molecular weight is 572 g/mol. The van der Waals surface area contributed by atoms with Crippen LogP contribution in [0, 0.1) is 3.57 Å². The molecule has 9 heteroatoms. The second kappa shape index (κ2) is 10.1. The van der Waals surface area contributed by atoms with Gasteiger partial charge in [-0.2, -0.15) is 5.10 Å². The second-order valence-corrected chi connectivity index (χ2v) is 8.45. The third kappa shape index (κ3) is 5.92. The van der Waals surface area contributed by atoms with Gasteiger partial charge in [-0.25, -0.2) is 10.2 Å². The highest BCUT2D eigenvalue weighted by Crippen LogP contribution is 2.31. The summed E-state index contributed by atoms with van der Waals surface area (Å²) < 4.78 is 6.59. The van der Waals surface area contributed by atoms with Crippen molar-refractivity contribution in [3.05, 3.63) is 55.6 Å². The lowest BCUT2D eigenvalue weighted by Crippen LogP contribution is -2.19. The van der Waals surface area contributed by atoms with Crippen LogP contribution in [-0.4, -0.2) is 42.9 Å². The molecule has 29 heavy (non-hydrogen) atoms. The first-order valence-corrected chi connectivity index (χ1v) is 10.8. The monoisotopic (exact) mass is 571 g/mol. The van der Waals surface area contributed by atoms with E-state index in [0.717, 1.165) is 27.9 Å². The Morgan fingerprint density at radius 1 is 1.24 bits per heavy atom. The number of carboxylic acid groups (broad SMARTS) is 1. The molecule has 0 unspecified atom stereocenters. The Labute approximate surface area is 190 Å². The summed E-state index contributed by atoms with van der Waals surface area (Å²) in [5.41, 5.74) is 4.92. The maximum Gasteiger partial charge on any atom is 0.341 e. The van der Waals surface area contributed by atoms with E-state index in [1.165, 1.54) is 19.1 Å². The molecule has 1 aliphatic rings. The summed E-state index contributed by atoms with van der Waals surface area (Å²) in [6.07, 6.45) is 3.93. The number of carbonyl (C=O) groups is 2. The molecular formula is C20H19BrIN3O4. The molecule has 0 spiro atoms. The van der Waals surface area contributed by atoms with E-state index in [1.807, 2.05) is 12.1 Å². The van der Waals surface area contributed by atoms with Gasteiger partial charge in [0.25, 0.3) is 5.91 Å². The van der Waals surface area contributed by atoms with Crippen molar-refractivity contribution in [2.24, 2.45) is 5.10 Å². The van der Waals surface area contributed by atoms with Crippen molar-refractivity contribution < 1.29 is 19.4 Å². The molecule has 152 valence electrons. The largest absolute Gasteiger partial charge is 0.480 e. The molecule has 2 N–H and O–H groups in total. The van der Waals surface area contributed by atoms with Gasteiger partial charge in [0.15, 0.2) is 6.61 Å². The number of halogens is 2. The van der Waals surface area contributed by atoms with Gasteiger partial charge in [-0.1, -0.05) is 0 Å². The van der Waals surface area contributed by atoms with Crippen molar-refractivity contribution in [1.82, 2.24) is 5.43 Å². The Kier molecular flexibility index (Phi) is 7.48. The number of carbonyl (C=O) groups excluding carboxylic acids is 1. The van der Waals surface area contributed by atoms with E-state index in [9.17, 15) is 9.59 Å². The molecule has 7 nitrogen and oxygen atoms in total. The van der Waals surface area contributed by atoms with Crippen molar-refractivity contribution in [1.29, 1.82) is 0 Å². The number of amides is 1. The van der Waals surface area contributed by atoms with Gasteiger partial charge >= 0.3 is 5.97 Å². The van der Waals surface area contributed by atoms with E-state index in [4.69, 9.17) is 9.84 Å². The van der Waals surface area contributed by atoms with Crippen LogP contribution in [-0.2, 0) is 4.79 Å². The van der Waals surface area contributed by atoms with Gasteiger partial charge in [0.05, 0.1) is 14.3 Å². The molecule has 0 saturated carbocycles. The van der Waals surface area contributed by atoms with Gasteiger partial charge < -0.3 is 14.7 Å². The molecule has 2 aromatic rings. The van der Waals surface area contributed by atoms with Crippen molar-refractivity contribution in [3.63, 3.8) is 0 Å². The fraction of sp³-hybridized carbons (Fsp3) is 0.250. The number of hydrogen-bond acceptors (Lipinski definition) is 5. The zero-order valence-corrected chi connectivity index (χ0v) is 19.1. The number of nitrogens with one attached hydrogen (secondary N) is 1. The number of ether oxygens (including phenoxy) is 1. The average Bonchev–Trinajstić information content (AvgIpc) is 3.22. The molecule has 1 heterocycles. The molecule has 1 aliphatic heterocycles. The Bertz CT molecular complexity index is 905. The van der Waals surface area contributed by atoms with Crippen LogP contribution in [0.5, 0.6) is 5.75 Å². The minimum Gasteiger partial charge on any atom is -0.480 e. The lowest BCUT2D eigenvalue weighted by molar-refractivity contribution is -0.139. The molecule has 0 bridgehead atoms. The molecule has 0 atom stereocenters. The van der Waals surface area contributed by atoms with Crippen molar-refractivity contribution >= 4 is 62.3 Å². The van der Waals surface area contributed by atoms with Crippen molar-refractivity contribution in [2.75, 3.05) is 24.6 Å². The summed E-state index contributed by atoms with van der Waals surface area (Å²) >= 11 is 5.42. The van der Waals surface area contributed by atoms with Crippen LogP contribution in [0.4, 0.5) is 5.69 Å². The van der Waals surface area contributed by atoms with Crippen LogP contribution in [0.1, 0.15) is 28.8 Å². The predicted molar refractivity (Wildman–Crippen MR) is 123 cm³/mol. The molecule has 1 amide bonds. The zero-order valence-electron chi connectivity index (χ0n) is 15.4. The van der Waals surface area contributed by atoms with E-state index >= 15 is 0 Å². The Hall–Kier alpha value is -2.14. The first-order chi connectivity index (χ1) is 13.9. The minimum atomic E-state index is -1.05. The summed E-state index contributed by atoms with van der Waals surface area (Å²) in [4.78, 5) is 25.3. The van der Waals surface area contributed by atoms with E-state index in [1.54, 1.807) is 24.3 Å². The standard InChI is InChI=1S/C20H19BrIN3O4/c21-16-9-13(10-17(22)19(16)29-12-18(26)27)11-23-24-20(28)14-3-5-15(6-4-14)25-7-1-2-8-25/h3-6,9-11H,1-2,7-8,12H2,(H,24,28)(H,26,27)/b23-11-. The number of nitrogens with zero attached hydrogens (tertiary/aromatic N) is 2. The molecule has 3 rings (SSSR count). The number of hydrazone groups is 1. The van der Waals surface area contributed by atoms with Gasteiger partial charge in [0.2, 0.25) is 0 Å². The molecule has 0 radical (unpaired) electrons. The quantitative estimate of drug-likeness (QED) is 0.299. The number of carboxylic acids is 1. The number of hydrogen-bond donors (Lipinski definition) is 2. The summed E-state index contributed by atoms with van der Waals surface area (Å²) in [6.45, 7) is 1.70. The SMILES string of the molecule is O=C(O)COc1c(Br)cc(/C=N\NC(=O)c2ccc(N3CCCC3)cc2)cc1I. The van der Waals surface area contributed by atoms with Gasteiger partial charge in [-0.05, 0) is 93.3 Å². The smallest absolute Gasteiger partial charge is 0.341 e. The fourth-order valence-corrected chi connectivity index (χ4v) is 4.72. The van der Waals surface area contributed by atoms with Crippen LogP contribution in [0.3, 0.4) is 0 Å². The van der Waals surface area contributed by atoms with Crippen molar-refractivity contribution in [3.8, 4) is 5.75 Å². The van der Waals surface area contributed by atoms with Crippen LogP contribution in [0.2, 0.25) is 0 Å². The third-order valence-corrected chi connectivity index (χ3v) is 5.73. The fourth-order valence-electron chi connectivity index (χ4n) is 2.95. The van der Waals surface area contributed by atoms with Gasteiger partial charge in [0.1, 0.15) is 5.75 Å². The lowest BCUT2D eigenvalue weighted by Gasteiger charge is -2.17. The molecule has 2 aromatic carbocycles. The Morgan fingerprint density at radius 3 is 2.55 bits per heavy atom. The zero-order chi connectivity index (χ0) is 20.8. The number of benzene rings is 2. The maximum absolute atomic E-state index is 12.3. The summed E-state index contributed by atoms with van der Waals surface area (Å²) in [5.74, 6) is -0.883. The van der Waals surface area contributed by atoms with E-state index in [-0.39, 0.29) is 5.91 Å². The molecule has 1 fully saturated rings. The molecule has 0 aromatic heterocycles. The molecule has 1 saturated heterocycles. The predicted octanol–water partition coefficient (Wildman–Crippen LogP) is 3.88. The number of rotatable bonds is 7. The van der Waals surface area contributed by atoms with Gasteiger partial charge in [-0.3, -0.25) is 4.79 Å². The maximum atomic E-state index is 12.3. The van der Waals surface area contributed by atoms with E-state index < -0.39 is 12.6 Å². The Morgan fingerprint density at radius 2 is 1.93 bits per heavy atom. The molecular weight excluding hydrogens is 553 g/mol. The third-order valence-electron chi connectivity index (χ3n) is 4.34. The van der Waals surface area contributed by atoms with Crippen LogP contribution < -0.4 is 15.1 Å². The minimum absolute atomic E-state index is 0.288. The summed E-state index contributed by atoms with van der Waals surface area (Å²) in [6, 6.07) is 11.0. The lowest BCUT2D eigenvalue weighted by atomic mass is 10.2. The number of aliphatic carboxylic acids is 1. The topological polar surface area (TPSA) is 91.2 Å². The summed E-state index contributed by atoms with van der Waals surface area (Å²) in [7, 11) is 0. The first-order valence-electron chi connectivity index (χ1n) is 8.96. The highest BCUT2D eigenvalue weighted by Gasteiger charge is 2.13. The highest BCUT2D eigenvalue weighted by molar-refractivity contribution is 14.1. The highest BCUT2D eigenvalue weighted by atomic mass is 127. The van der Waals surface area contributed by atoms with Gasteiger partial charge in [0, 0.05) is 24.3 Å². The number of anilines is 1. The first kappa shape index (κ1) is 21.6. The van der Waals surface area contributed by atoms with Gasteiger partial charge in [-0.15, -0.1) is 0 Å². The summed E-state index contributed by atoms with van der Waals surface area (Å²) in [5, 5.41) is 12.7. The second-order valence-electron chi connectivity index (χ2n) is 6.44. The normalized spacial score (nSPS) is 13.7. The van der Waals surface area contributed by atoms with Crippen LogP contribution >= 0.6 is 38.5 Å². The van der Waals surface area contributed by atoms with Crippen molar-refractivity contribution in [2.45, 2.75) is 12.8 Å².